The number of hydrogen-bond acceptors (Lipinski definition) is 2. The first-order valence-electron chi connectivity index (χ1n) is 4.37. The molecule has 0 saturated heterocycles. The predicted molar refractivity (Wildman–Crippen MR) is 55.9 cm³/mol. The fraction of sp³-hybridized carbons (Fsp3) is 0.182. The SMILES string of the molecule is C=Cc1ccc(C2=NCNC2)cc1. The van der Waals surface area contributed by atoms with Crippen LogP contribution in [0.1, 0.15) is 11.1 Å². The van der Waals surface area contributed by atoms with Crippen LogP contribution in [0.4, 0.5) is 0 Å². The van der Waals surface area contributed by atoms with Crippen LogP contribution in [-0.4, -0.2) is 18.9 Å². The van der Waals surface area contributed by atoms with Crippen molar-refractivity contribution in [3.63, 3.8) is 0 Å². The number of nitrogens with zero attached hydrogens (tertiary/aromatic N) is 1. The van der Waals surface area contributed by atoms with Crippen molar-refractivity contribution in [2.24, 2.45) is 4.99 Å². The molecule has 1 aromatic carbocycles. The Labute approximate surface area is 78.0 Å². The van der Waals surface area contributed by atoms with Crippen LogP contribution in [0.5, 0.6) is 0 Å². The second kappa shape index (κ2) is 3.54. The number of aliphatic imine (C=N–C) groups is 1. The second-order valence-electron chi connectivity index (χ2n) is 3.02. The summed E-state index contributed by atoms with van der Waals surface area (Å²) in [4.78, 5) is 4.34. The van der Waals surface area contributed by atoms with Crippen molar-refractivity contribution in [2.45, 2.75) is 0 Å². The van der Waals surface area contributed by atoms with E-state index >= 15 is 0 Å². The molecule has 0 radical (unpaired) electrons. The Morgan fingerprint density at radius 3 is 2.62 bits per heavy atom. The Balaban J connectivity index is 2.26. The Morgan fingerprint density at radius 1 is 1.31 bits per heavy atom. The quantitative estimate of drug-likeness (QED) is 0.721. The largest absolute Gasteiger partial charge is 0.293 e. The van der Waals surface area contributed by atoms with E-state index in [1.807, 2.05) is 6.08 Å². The Kier molecular flexibility index (Phi) is 2.23. The fourth-order valence-corrected chi connectivity index (χ4v) is 1.39. The van der Waals surface area contributed by atoms with Crippen molar-refractivity contribution in [3.05, 3.63) is 42.0 Å². The molecule has 0 bridgehead atoms. The molecule has 0 amide bonds. The van der Waals surface area contributed by atoms with Crippen molar-refractivity contribution in [2.75, 3.05) is 13.2 Å². The zero-order valence-electron chi connectivity index (χ0n) is 7.46. The monoisotopic (exact) mass is 172 g/mol. The third-order valence-electron chi connectivity index (χ3n) is 2.15. The highest BCUT2D eigenvalue weighted by Crippen LogP contribution is 2.07. The number of benzene rings is 1. The molecule has 13 heavy (non-hydrogen) atoms. The highest BCUT2D eigenvalue weighted by Gasteiger charge is 2.06. The van der Waals surface area contributed by atoms with Gasteiger partial charge in [0.25, 0.3) is 0 Å². The van der Waals surface area contributed by atoms with Crippen molar-refractivity contribution in [1.82, 2.24) is 5.32 Å². The first-order valence-corrected chi connectivity index (χ1v) is 4.37. The lowest BCUT2D eigenvalue weighted by molar-refractivity contribution is 0.850. The van der Waals surface area contributed by atoms with Gasteiger partial charge in [-0.3, -0.25) is 10.3 Å². The molecule has 1 aliphatic heterocycles. The van der Waals surface area contributed by atoms with Gasteiger partial charge in [-0.25, -0.2) is 0 Å². The zero-order valence-corrected chi connectivity index (χ0v) is 7.46. The summed E-state index contributed by atoms with van der Waals surface area (Å²) < 4.78 is 0. The van der Waals surface area contributed by atoms with Crippen LogP contribution >= 0.6 is 0 Å². The standard InChI is InChI=1S/C11H12N2/c1-2-9-3-5-10(6-4-9)11-7-12-8-13-11/h2-6,12H,1,7-8H2. The molecule has 2 nitrogen and oxygen atoms in total. The lowest BCUT2D eigenvalue weighted by Gasteiger charge is -1.99. The van der Waals surface area contributed by atoms with Gasteiger partial charge < -0.3 is 0 Å². The van der Waals surface area contributed by atoms with Crippen LogP contribution in [0, 0.1) is 0 Å². The molecule has 1 N–H and O–H groups in total. The third kappa shape index (κ3) is 1.68. The average Bonchev–Trinajstić information content (AvgIpc) is 2.71. The molecule has 0 saturated carbocycles. The maximum Gasteiger partial charge on any atom is 0.0891 e. The molecule has 1 heterocycles. The summed E-state index contributed by atoms with van der Waals surface area (Å²) in [6.45, 7) is 5.35. The van der Waals surface area contributed by atoms with E-state index in [2.05, 4.69) is 41.2 Å². The summed E-state index contributed by atoms with van der Waals surface area (Å²) in [5.41, 5.74) is 3.50. The van der Waals surface area contributed by atoms with E-state index in [4.69, 9.17) is 0 Å². The second-order valence-corrected chi connectivity index (χ2v) is 3.02. The summed E-state index contributed by atoms with van der Waals surface area (Å²) in [7, 11) is 0. The first-order chi connectivity index (χ1) is 6.40. The third-order valence-corrected chi connectivity index (χ3v) is 2.15. The molecule has 1 aromatic rings. The molecular weight excluding hydrogens is 160 g/mol. The van der Waals surface area contributed by atoms with E-state index in [9.17, 15) is 0 Å². The van der Waals surface area contributed by atoms with Crippen molar-refractivity contribution in [3.8, 4) is 0 Å². The van der Waals surface area contributed by atoms with Gasteiger partial charge in [-0.05, 0) is 11.1 Å². The minimum atomic E-state index is 0.749. The van der Waals surface area contributed by atoms with Gasteiger partial charge in [0.05, 0.1) is 12.4 Å². The van der Waals surface area contributed by atoms with Gasteiger partial charge in [-0.2, -0.15) is 0 Å². The van der Waals surface area contributed by atoms with Gasteiger partial charge >= 0.3 is 0 Å². The predicted octanol–water partition coefficient (Wildman–Crippen LogP) is 1.68. The smallest absolute Gasteiger partial charge is 0.0891 e. The van der Waals surface area contributed by atoms with Gasteiger partial charge in [0.2, 0.25) is 0 Å². The fourth-order valence-electron chi connectivity index (χ4n) is 1.39. The molecule has 0 unspecified atom stereocenters. The summed E-state index contributed by atoms with van der Waals surface area (Å²) in [5, 5.41) is 3.18. The van der Waals surface area contributed by atoms with E-state index in [1.54, 1.807) is 0 Å². The summed E-state index contributed by atoms with van der Waals surface area (Å²) in [5.74, 6) is 0. The van der Waals surface area contributed by atoms with Crippen LogP contribution in [0.25, 0.3) is 6.08 Å². The molecule has 0 fully saturated rings. The molecule has 2 heteroatoms. The van der Waals surface area contributed by atoms with Gasteiger partial charge in [-0.15, -0.1) is 0 Å². The van der Waals surface area contributed by atoms with Crippen molar-refractivity contribution >= 4 is 11.8 Å². The van der Waals surface area contributed by atoms with Crippen LogP contribution in [0.3, 0.4) is 0 Å². The average molecular weight is 172 g/mol. The molecule has 66 valence electrons. The lowest BCUT2D eigenvalue weighted by Crippen LogP contribution is -2.13. The molecule has 2 rings (SSSR count). The number of nitrogens with one attached hydrogen (secondary N) is 1. The van der Waals surface area contributed by atoms with E-state index in [0.717, 1.165) is 24.5 Å². The highest BCUT2D eigenvalue weighted by molar-refractivity contribution is 6.03. The minimum absolute atomic E-state index is 0.749. The van der Waals surface area contributed by atoms with Gasteiger partial charge in [0.1, 0.15) is 0 Å². The van der Waals surface area contributed by atoms with Gasteiger partial charge in [-0.1, -0.05) is 36.9 Å². The Morgan fingerprint density at radius 2 is 2.08 bits per heavy atom. The maximum absolute atomic E-state index is 4.34. The normalized spacial score (nSPS) is 15.5. The van der Waals surface area contributed by atoms with E-state index in [0.29, 0.717) is 0 Å². The van der Waals surface area contributed by atoms with Crippen LogP contribution in [-0.2, 0) is 0 Å². The maximum atomic E-state index is 4.34. The molecular formula is C11H12N2. The van der Waals surface area contributed by atoms with E-state index in [-0.39, 0.29) is 0 Å². The molecule has 1 aliphatic rings. The zero-order chi connectivity index (χ0) is 9.10. The lowest BCUT2D eigenvalue weighted by atomic mass is 10.1. The molecule has 0 aromatic heterocycles. The molecule has 0 aliphatic carbocycles. The van der Waals surface area contributed by atoms with Crippen LogP contribution in [0.15, 0.2) is 35.8 Å². The van der Waals surface area contributed by atoms with E-state index in [1.165, 1.54) is 5.56 Å². The topological polar surface area (TPSA) is 24.4 Å². The highest BCUT2D eigenvalue weighted by atomic mass is 15.1. The first kappa shape index (κ1) is 8.20. The Bertz CT molecular complexity index is 336. The number of rotatable bonds is 2. The van der Waals surface area contributed by atoms with Crippen LogP contribution < -0.4 is 5.32 Å². The summed E-state index contributed by atoms with van der Waals surface area (Å²) in [6, 6.07) is 8.29. The summed E-state index contributed by atoms with van der Waals surface area (Å²) >= 11 is 0. The summed E-state index contributed by atoms with van der Waals surface area (Å²) in [6.07, 6.45) is 1.85. The van der Waals surface area contributed by atoms with Gasteiger partial charge in [0, 0.05) is 6.54 Å². The van der Waals surface area contributed by atoms with Crippen molar-refractivity contribution in [1.29, 1.82) is 0 Å². The van der Waals surface area contributed by atoms with Crippen LogP contribution in [0.2, 0.25) is 0 Å². The number of hydrogen-bond donors (Lipinski definition) is 1. The minimum Gasteiger partial charge on any atom is -0.293 e. The van der Waals surface area contributed by atoms with Crippen molar-refractivity contribution < 1.29 is 0 Å². The van der Waals surface area contributed by atoms with Gasteiger partial charge in [0.15, 0.2) is 0 Å². The molecule has 0 atom stereocenters. The Hall–Kier alpha value is -1.41. The molecule has 0 spiro atoms. The van der Waals surface area contributed by atoms with E-state index < -0.39 is 0 Å².